The Labute approximate surface area is 70.0 Å². The molecule has 0 spiro atoms. The van der Waals surface area contributed by atoms with Crippen LogP contribution in [0.2, 0.25) is 0 Å². The van der Waals surface area contributed by atoms with Gasteiger partial charge in [0, 0.05) is 0 Å². The summed E-state index contributed by atoms with van der Waals surface area (Å²) in [6.07, 6.45) is 14.2. The Morgan fingerprint density at radius 1 is 1.27 bits per heavy atom. The molecule has 0 aromatic heterocycles. The van der Waals surface area contributed by atoms with Gasteiger partial charge in [-0.3, -0.25) is 0 Å². The van der Waals surface area contributed by atoms with Crippen molar-refractivity contribution in [1.82, 2.24) is 0 Å². The summed E-state index contributed by atoms with van der Waals surface area (Å²) in [7, 11) is 0. The van der Waals surface area contributed by atoms with E-state index in [2.05, 4.69) is 38.2 Å². The summed E-state index contributed by atoms with van der Waals surface area (Å²) in [5.41, 5.74) is 0.463. The van der Waals surface area contributed by atoms with Crippen molar-refractivity contribution in [2.45, 2.75) is 39.5 Å². The van der Waals surface area contributed by atoms with Crippen LogP contribution in [0.4, 0.5) is 0 Å². The van der Waals surface area contributed by atoms with Gasteiger partial charge in [0.05, 0.1) is 0 Å². The molecule has 0 aromatic rings. The summed E-state index contributed by atoms with van der Waals surface area (Å²) in [5, 5.41) is 0. The predicted octanol–water partition coefficient (Wildman–Crippen LogP) is 3.70. The third-order valence-electron chi connectivity index (χ3n) is 2.65. The molecule has 0 amide bonds. The minimum atomic E-state index is 0.463. The summed E-state index contributed by atoms with van der Waals surface area (Å²) >= 11 is 0. The van der Waals surface area contributed by atoms with Gasteiger partial charge in [0.15, 0.2) is 0 Å². The van der Waals surface area contributed by atoms with Crippen molar-refractivity contribution in [2.75, 3.05) is 0 Å². The van der Waals surface area contributed by atoms with Crippen molar-refractivity contribution in [3.8, 4) is 0 Å². The molecule has 0 heteroatoms. The average molecular weight is 150 g/mol. The topological polar surface area (TPSA) is 0 Å². The van der Waals surface area contributed by atoms with Gasteiger partial charge in [-0.15, -0.1) is 0 Å². The number of hydrogen-bond donors (Lipinski definition) is 0. The molecule has 0 aliphatic heterocycles. The highest BCUT2D eigenvalue weighted by molar-refractivity contribution is 5.03. The highest BCUT2D eigenvalue weighted by atomic mass is 14.2. The summed E-state index contributed by atoms with van der Waals surface area (Å²) in [5.74, 6) is 0. The first-order chi connectivity index (χ1) is 5.27. The van der Waals surface area contributed by atoms with Crippen LogP contribution < -0.4 is 0 Å². The second-order valence-electron chi connectivity index (χ2n) is 3.66. The van der Waals surface area contributed by atoms with Crippen LogP contribution in [0.5, 0.6) is 0 Å². The molecule has 11 heavy (non-hydrogen) atoms. The molecule has 0 aromatic carbocycles. The van der Waals surface area contributed by atoms with Crippen LogP contribution in [-0.4, -0.2) is 0 Å². The first-order valence-corrected chi connectivity index (χ1v) is 4.59. The Morgan fingerprint density at radius 3 is 2.82 bits per heavy atom. The minimum Gasteiger partial charge on any atom is -0.0882 e. The lowest BCUT2D eigenvalue weighted by atomic mass is 9.81. The zero-order chi connectivity index (χ0) is 8.16. The Kier molecular flexibility index (Phi) is 2.92. The van der Waals surface area contributed by atoms with Gasteiger partial charge < -0.3 is 0 Å². The van der Waals surface area contributed by atoms with Crippen LogP contribution in [0, 0.1) is 5.41 Å². The maximum atomic E-state index is 2.39. The third-order valence-corrected chi connectivity index (χ3v) is 2.65. The van der Waals surface area contributed by atoms with Crippen LogP contribution in [0.1, 0.15) is 39.5 Å². The second-order valence-corrected chi connectivity index (χ2v) is 3.66. The minimum absolute atomic E-state index is 0.463. The zero-order valence-corrected chi connectivity index (χ0v) is 7.64. The monoisotopic (exact) mass is 150 g/mol. The fourth-order valence-electron chi connectivity index (χ4n) is 1.44. The van der Waals surface area contributed by atoms with Crippen molar-refractivity contribution in [3.63, 3.8) is 0 Å². The van der Waals surface area contributed by atoms with Gasteiger partial charge in [-0.2, -0.15) is 0 Å². The fourth-order valence-corrected chi connectivity index (χ4v) is 1.44. The van der Waals surface area contributed by atoms with Crippen LogP contribution in [-0.2, 0) is 0 Å². The van der Waals surface area contributed by atoms with E-state index in [1.165, 1.54) is 19.3 Å². The molecule has 0 fully saturated rings. The van der Waals surface area contributed by atoms with Crippen molar-refractivity contribution in [2.24, 2.45) is 5.41 Å². The summed E-state index contributed by atoms with van der Waals surface area (Å²) in [4.78, 5) is 0. The van der Waals surface area contributed by atoms with Gasteiger partial charge in [0.25, 0.3) is 0 Å². The van der Waals surface area contributed by atoms with E-state index in [0.717, 1.165) is 6.42 Å². The Morgan fingerprint density at radius 2 is 2.09 bits per heavy atom. The normalized spacial score (nSPS) is 31.5. The van der Waals surface area contributed by atoms with Gasteiger partial charge in [-0.1, -0.05) is 38.2 Å². The lowest BCUT2D eigenvalue weighted by Gasteiger charge is -2.24. The predicted molar refractivity (Wildman–Crippen MR) is 50.5 cm³/mol. The maximum Gasteiger partial charge on any atom is -0.0146 e. The second kappa shape index (κ2) is 3.75. The first kappa shape index (κ1) is 8.58. The molecule has 0 saturated heterocycles. The summed E-state index contributed by atoms with van der Waals surface area (Å²) in [6.45, 7) is 4.62. The van der Waals surface area contributed by atoms with E-state index in [9.17, 15) is 0 Å². The van der Waals surface area contributed by atoms with E-state index in [4.69, 9.17) is 0 Å². The molecule has 0 nitrogen and oxygen atoms in total. The molecule has 1 aliphatic carbocycles. The van der Waals surface area contributed by atoms with Crippen LogP contribution >= 0.6 is 0 Å². The van der Waals surface area contributed by atoms with Crippen LogP contribution in [0.25, 0.3) is 0 Å². The molecular formula is C11H18. The average Bonchev–Trinajstić information content (AvgIpc) is 1.98. The first-order valence-electron chi connectivity index (χ1n) is 4.59. The molecule has 1 aliphatic rings. The van der Waals surface area contributed by atoms with Crippen LogP contribution in [0.15, 0.2) is 24.3 Å². The standard InChI is InChI=1S/C11H18/c1-3-11(2)9-7-5-4-6-8-10-11/h4-5,8,10H,3,6-7,9H2,1-2H3. The smallest absolute Gasteiger partial charge is 0.0146 e. The molecule has 0 bridgehead atoms. The van der Waals surface area contributed by atoms with Gasteiger partial charge in [-0.05, 0) is 31.1 Å². The van der Waals surface area contributed by atoms with Crippen molar-refractivity contribution in [3.05, 3.63) is 24.3 Å². The molecule has 1 atom stereocenters. The van der Waals surface area contributed by atoms with Crippen molar-refractivity contribution in [1.29, 1.82) is 0 Å². The maximum absolute atomic E-state index is 2.39. The molecule has 0 saturated carbocycles. The number of hydrogen-bond acceptors (Lipinski definition) is 0. The number of rotatable bonds is 1. The van der Waals surface area contributed by atoms with E-state index in [-0.39, 0.29) is 0 Å². The molecule has 62 valence electrons. The highest BCUT2D eigenvalue weighted by Crippen LogP contribution is 2.30. The summed E-state index contributed by atoms with van der Waals surface area (Å²) in [6, 6.07) is 0. The van der Waals surface area contributed by atoms with Crippen molar-refractivity contribution < 1.29 is 0 Å². The SMILES string of the molecule is CCC1(C)C=CCC=CCC1. The Bertz CT molecular complexity index is 165. The Balaban J connectivity index is 2.60. The van der Waals surface area contributed by atoms with Gasteiger partial charge >= 0.3 is 0 Å². The van der Waals surface area contributed by atoms with Gasteiger partial charge in [-0.25, -0.2) is 0 Å². The molecule has 0 N–H and O–H groups in total. The van der Waals surface area contributed by atoms with E-state index in [1.807, 2.05) is 0 Å². The third kappa shape index (κ3) is 2.53. The van der Waals surface area contributed by atoms with Gasteiger partial charge in [0.2, 0.25) is 0 Å². The molecule has 1 unspecified atom stereocenters. The molecule has 0 radical (unpaired) electrons. The van der Waals surface area contributed by atoms with Gasteiger partial charge in [0.1, 0.15) is 0 Å². The lowest BCUT2D eigenvalue weighted by molar-refractivity contribution is 0.378. The molecule has 1 rings (SSSR count). The molecule has 0 heterocycles. The van der Waals surface area contributed by atoms with E-state index >= 15 is 0 Å². The lowest BCUT2D eigenvalue weighted by Crippen LogP contribution is -2.11. The Hall–Kier alpha value is -0.520. The summed E-state index contributed by atoms with van der Waals surface area (Å²) < 4.78 is 0. The number of allylic oxidation sites excluding steroid dienone is 4. The largest absolute Gasteiger partial charge is 0.0882 e. The van der Waals surface area contributed by atoms with E-state index in [1.54, 1.807) is 0 Å². The molecular weight excluding hydrogens is 132 g/mol. The van der Waals surface area contributed by atoms with E-state index in [0.29, 0.717) is 5.41 Å². The zero-order valence-electron chi connectivity index (χ0n) is 7.64. The van der Waals surface area contributed by atoms with Crippen molar-refractivity contribution >= 4 is 0 Å². The quantitative estimate of drug-likeness (QED) is 0.500. The fraction of sp³-hybridized carbons (Fsp3) is 0.636. The van der Waals surface area contributed by atoms with Crippen LogP contribution in [0.3, 0.4) is 0 Å². The highest BCUT2D eigenvalue weighted by Gasteiger charge is 2.16. The van der Waals surface area contributed by atoms with E-state index < -0.39 is 0 Å².